The summed E-state index contributed by atoms with van der Waals surface area (Å²) in [5.41, 5.74) is 4.19. The maximum atomic E-state index is 13.1. The molecule has 0 radical (unpaired) electrons. The van der Waals surface area contributed by atoms with Gasteiger partial charge in [-0.2, -0.15) is 5.10 Å². The number of nitrogens with one attached hydrogen (secondary N) is 2. The lowest BCUT2D eigenvalue weighted by atomic mass is 9.86. The van der Waals surface area contributed by atoms with Gasteiger partial charge in [0, 0.05) is 28.9 Å². The fraction of sp³-hybridized carbons (Fsp3) is 0. The number of hydrogen-bond acceptors (Lipinski definition) is 4. The van der Waals surface area contributed by atoms with Crippen LogP contribution in [-0.4, -0.2) is 26.9 Å². The molecule has 2 aromatic carbocycles. The fourth-order valence-electron chi connectivity index (χ4n) is 3.38. The van der Waals surface area contributed by atoms with Crippen molar-refractivity contribution in [3.63, 3.8) is 0 Å². The molecule has 1 aliphatic rings. The highest BCUT2D eigenvalue weighted by Crippen LogP contribution is 2.40. The fourth-order valence-corrected chi connectivity index (χ4v) is 3.38. The van der Waals surface area contributed by atoms with Crippen LogP contribution in [0.1, 0.15) is 26.3 Å². The third-order valence-electron chi connectivity index (χ3n) is 4.55. The number of hydrogen-bond donors (Lipinski definition) is 2. The molecular weight excluding hydrogens is 328 g/mol. The van der Waals surface area contributed by atoms with E-state index in [1.54, 1.807) is 36.5 Å². The lowest BCUT2D eigenvalue weighted by molar-refractivity contribution is 0.102. The Kier molecular flexibility index (Phi) is 2.99. The monoisotopic (exact) mass is 340 g/mol. The lowest BCUT2D eigenvalue weighted by Gasteiger charge is -2.18. The van der Waals surface area contributed by atoms with Gasteiger partial charge in [-0.05, 0) is 24.3 Å². The van der Waals surface area contributed by atoms with Gasteiger partial charge < -0.3 is 5.32 Å². The maximum absolute atomic E-state index is 13.1. The summed E-state index contributed by atoms with van der Waals surface area (Å²) in [6.45, 7) is 0. The lowest BCUT2D eigenvalue weighted by Crippen LogP contribution is -2.17. The Bertz CT molecular complexity index is 1200. The Balaban J connectivity index is 1.67. The second kappa shape index (κ2) is 5.35. The number of ketones is 1. The molecule has 0 aliphatic heterocycles. The highest BCUT2D eigenvalue weighted by atomic mass is 16.2. The van der Waals surface area contributed by atoms with Crippen LogP contribution in [-0.2, 0) is 0 Å². The number of rotatable bonds is 2. The normalized spacial score (nSPS) is 12.1. The second-order valence-electron chi connectivity index (χ2n) is 6.05. The van der Waals surface area contributed by atoms with Crippen molar-refractivity contribution >= 4 is 28.3 Å². The van der Waals surface area contributed by atoms with E-state index in [0.29, 0.717) is 27.9 Å². The van der Waals surface area contributed by atoms with Crippen LogP contribution in [0.4, 0.5) is 5.69 Å². The summed E-state index contributed by atoms with van der Waals surface area (Å²) in [6, 6.07) is 14.2. The molecule has 0 unspecified atom stereocenters. The van der Waals surface area contributed by atoms with Crippen molar-refractivity contribution in [2.75, 3.05) is 5.32 Å². The number of nitrogens with zero attached hydrogens (tertiary/aromatic N) is 2. The summed E-state index contributed by atoms with van der Waals surface area (Å²) in [5.74, 6) is -0.438. The van der Waals surface area contributed by atoms with Crippen LogP contribution in [0.5, 0.6) is 0 Å². The minimum atomic E-state index is -0.315. The van der Waals surface area contributed by atoms with Crippen molar-refractivity contribution in [2.24, 2.45) is 0 Å². The van der Waals surface area contributed by atoms with Gasteiger partial charge in [0.05, 0.1) is 22.3 Å². The van der Waals surface area contributed by atoms with Gasteiger partial charge in [0.1, 0.15) is 5.69 Å². The molecule has 0 saturated carbocycles. The van der Waals surface area contributed by atoms with Crippen LogP contribution < -0.4 is 5.32 Å². The molecule has 2 aromatic heterocycles. The van der Waals surface area contributed by atoms with Crippen LogP contribution in [0.3, 0.4) is 0 Å². The Morgan fingerprint density at radius 1 is 1.00 bits per heavy atom. The molecule has 4 aromatic rings. The molecule has 5 rings (SSSR count). The van der Waals surface area contributed by atoms with E-state index in [-0.39, 0.29) is 11.7 Å². The van der Waals surface area contributed by atoms with Gasteiger partial charge in [-0.1, -0.05) is 24.3 Å². The number of carbonyl (C=O) groups is 2. The average Bonchev–Trinajstić information content (AvgIpc) is 3.12. The molecule has 2 heterocycles. The molecule has 1 amide bonds. The van der Waals surface area contributed by atoms with Gasteiger partial charge in [-0.25, -0.2) is 0 Å². The van der Waals surface area contributed by atoms with Crippen LogP contribution in [0.2, 0.25) is 0 Å². The standard InChI is InChI=1S/C20H12N4O2/c25-19-13-6-2-8-15-16(13)18(24-23-15)12-5-1-7-14(17(12)19)22-20(26)11-4-3-9-21-10-11/h1-10H,(H,22,26)(H,23,24). The summed E-state index contributed by atoms with van der Waals surface area (Å²) in [7, 11) is 0. The molecular formula is C20H12N4O2. The molecule has 124 valence electrons. The third-order valence-corrected chi connectivity index (χ3v) is 4.55. The van der Waals surface area contributed by atoms with E-state index >= 15 is 0 Å². The zero-order valence-electron chi connectivity index (χ0n) is 13.5. The topological polar surface area (TPSA) is 87.7 Å². The first-order valence-electron chi connectivity index (χ1n) is 8.10. The van der Waals surface area contributed by atoms with E-state index in [4.69, 9.17) is 0 Å². The van der Waals surface area contributed by atoms with E-state index in [0.717, 1.165) is 16.6 Å². The smallest absolute Gasteiger partial charge is 0.257 e. The van der Waals surface area contributed by atoms with E-state index in [2.05, 4.69) is 20.5 Å². The average molecular weight is 340 g/mol. The van der Waals surface area contributed by atoms with Gasteiger partial charge >= 0.3 is 0 Å². The number of H-pyrrole nitrogens is 1. The Morgan fingerprint density at radius 2 is 1.85 bits per heavy atom. The first kappa shape index (κ1) is 14.5. The van der Waals surface area contributed by atoms with Crippen molar-refractivity contribution in [2.45, 2.75) is 0 Å². The summed E-state index contributed by atoms with van der Waals surface area (Å²) in [4.78, 5) is 29.6. The zero-order valence-corrected chi connectivity index (χ0v) is 13.5. The van der Waals surface area contributed by atoms with Crippen LogP contribution in [0.15, 0.2) is 60.9 Å². The van der Waals surface area contributed by atoms with Gasteiger partial charge in [-0.15, -0.1) is 0 Å². The predicted octanol–water partition coefficient (Wildman–Crippen LogP) is 3.42. The van der Waals surface area contributed by atoms with Crippen molar-refractivity contribution in [1.82, 2.24) is 15.2 Å². The molecule has 2 N–H and O–H groups in total. The van der Waals surface area contributed by atoms with E-state index < -0.39 is 0 Å². The molecule has 26 heavy (non-hydrogen) atoms. The van der Waals surface area contributed by atoms with Crippen LogP contribution >= 0.6 is 0 Å². The first-order chi connectivity index (χ1) is 12.7. The first-order valence-corrected chi connectivity index (χ1v) is 8.10. The van der Waals surface area contributed by atoms with Crippen molar-refractivity contribution in [3.8, 4) is 11.3 Å². The number of anilines is 1. The van der Waals surface area contributed by atoms with Crippen molar-refractivity contribution < 1.29 is 9.59 Å². The third kappa shape index (κ3) is 1.99. The number of carbonyl (C=O) groups excluding carboxylic acids is 2. The Morgan fingerprint density at radius 3 is 2.69 bits per heavy atom. The van der Waals surface area contributed by atoms with E-state index in [1.807, 2.05) is 18.2 Å². The number of amides is 1. The van der Waals surface area contributed by atoms with Crippen molar-refractivity contribution in [3.05, 3.63) is 77.6 Å². The van der Waals surface area contributed by atoms with E-state index in [9.17, 15) is 9.59 Å². The number of aromatic nitrogens is 3. The number of benzene rings is 2. The van der Waals surface area contributed by atoms with Gasteiger partial charge in [-0.3, -0.25) is 19.7 Å². The number of fused-ring (bicyclic) bond motifs is 2. The zero-order chi connectivity index (χ0) is 17.7. The minimum absolute atomic E-state index is 0.124. The summed E-state index contributed by atoms with van der Waals surface area (Å²) >= 11 is 0. The number of aromatic amines is 1. The summed E-state index contributed by atoms with van der Waals surface area (Å²) in [5, 5.41) is 11.0. The Labute approximate surface area is 147 Å². The highest BCUT2D eigenvalue weighted by molar-refractivity contribution is 6.27. The molecule has 0 bridgehead atoms. The SMILES string of the molecule is O=C(Nc1cccc2c1C(=O)c1cccc3[nH]nc-2c13)c1cccnc1. The van der Waals surface area contributed by atoms with Crippen molar-refractivity contribution in [1.29, 1.82) is 0 Å². The molecule has 0 saturated heterocycles. The second-order valence-corrected chi connectivity index (χ2v) is 6.05. The van der Waals surface area contributed by atoms with Gasteiger partial charge in [0.2, 0.25) is 0 Å². The van der Waals surface area contributed by atoms with E-state index in [1.165, 1.54) is 6.20 Å². The summed E-state index contributed by atoms with van der Waals surface area (Å²) in [6.07, 6.45) is 3.09. The quantitative estimate of drug-likeness (QED) is 0.515. The molecule has 0 fully saturated rings. The number of pyridine rings is 1. The predicted molar refractivity (Wildman–Crippen MR) is 97.2 cm³/mol. The van der Waals surface area contributed by atoms with Gasteiger partial charge in [0.15, 0.2) is 5.78 Å². The molecule has 1 aliphatic carbocycles. The van der Waals surface area contributed by atoms with Crippen LogP contribution in [0, 0.1) is 0 Å². The molecule has 6 heteroatoms. The summed E-state index contributed by atoms with van der Waals surface area (Å²) < 4.78 is 0. The Hall–Kier alpha value is -3.80. The van der Waals surface area contributed by atoms with Crippen LogP contribution in [0.25, 0.3) is 22.2 Å². The largest absolute Gasteiger partial charge is 0.321 e. The highest BCUT2D eigenvalue weighted by Gasteiger charge is 2.29. The minimum Gasteiger partial charge on any atom is -0.321 e. The molecule has 0 atom stereocenters. The maximum Gasteiger partial charge on any atom is 0.257 e. The molecule has 6 nitrogen and oxygen atoms in total. The molecule has 0 spiro atoms. The van der Waals surface area contributed by atoms with Gasteiger partial charge in [0.25, 0.3) is 5.91 Å².